The van der Waals surface area contributed by atoms with Gasteiger partial charge in [0, 0.05) is 6.42 Å². The van der Waals surface area contributed by atoms with Crippen molar-refractivity contribution in [1.29, 1.82) is 0 Å². The van der Waals surface area contributed by atoms with Gasteiger partial charge in [-0.2, -0.15) is 0 Å². The number of fused-ring (bicyclic) bond motifs is 5. The van der Waals surface area contributed by atoms with E-state index in [0.717, 1.165) is 60.0 Å². The Morgan fingerprint density at radius 3 is 2.89 bits per heavy atom. The molecule has 4 N–H and O–H groups in total. The van der Waals surface area contributed by atoms with E-state index in [9.17, 15) is 0 Å². The zero-order chi connectivity index (χ0) is 19.3. The van der Waals surface area contributed by atoms with Crippen molar-refractivity contribution in [3.05, 3.63) is 17.5 Å². The Hall–Kier alpha value is -2.07. The van der Waals surface area contributed by atoms with Crippen molar-refractivity contribution in [3.8, 4) is 0 Å². The number of hydrazine groups is 1. The van der Waals surface area contributed by atoms with Crippen molar-refractivity contribution in [3.63, 3.8) is 0 Å². The Labute approximate surface area is 167 Å². The molecule has 0 amide bonds. The minimum Gasteiger partial charge on any atom is -0.373 e. The summed E-state index contributed by atoms with van der Waals surface area (Å²) < 4.78 is 12.8. The highest BCUT2D eigenvalue weighted by Crippen LogP contribution is 2.42. The highest BCUT2D eigenvalue weighted by Gasteiger charge is 2.37. The van der Waals surface area contributed by atoms with E-state index in [-0.39, 0.29) is 5.60 Å². The SMILES string of the molecule is CC[C@@]1(C)Cc2c(c(N3CCOCC3)[nH+]c3sc4c(NN)ncnc4c23)CO1. The summed E-state index contributed by atoms with van der Waals surface area (Å²) in [6.07, 6.45) is 3.40. The molecular weight excluding hydrogens is 376 g/mol. The zero-order valence-corrected chi connectivity index (χ0v) is 17.0. The third-order valence-electron chi connectivity index (χ3n) is 5.98. The largest absolute Gasteiger partial charge is 0.373 e. The molecule has 28 heavy (non-hydrogen) atoms. The number of H-pyrrole nitrogens is 1. The smallest absolute Gasteiger partial charge is 0.281 e. The topological polar surface area (TPSA) is 99.7 Å². The van der Waals surface area contributed by atoms with Crippen molar-refractivity contribution in [2.75, 3.05) is 36.6 Å². The number of hydrogen-bond donors (Lipinski definition) is 2. The summed E-state index contributed by atoms with van der Waals surface area (Å²) in [5.41, 5.74) is 6.06. The molecule has 3 aromatic heterocycles. The predicted molar refractivity (Wildman–Crippen MR) is 110 cm³/mol. The number of nitrogen functional groups attached to an aromatic ring is 1. The highest BCUT2D eigenvalue weighted by molar-refractivity contribution is 7.25. The van der Waals surface area contributed by atoms with Crippen LogP contribution in [0.1, 0.15) is 31.4 Å². The van der Waals surface area contributed by atoms with Gasteiger partial charge in [-0.3, -0.25) is 4.90 Å². The van der Waals surface area contributed by atoms with Gasteiger partial charge in [0.1, 0.15) is 24.1 Å². The fourth-order valence-corrected chi connectivity index (χ4v) is 5.30. The number of hydrogen-bond acceptors (Lipinski definition) is 8. The number of rotatable bonds is 3. The number of pyridine rings is 1. The van der Waals surface area contributed by atoms with Gasteiger partial charge in [0.15, 0.2) is 10.6 Å². The molecule has 0 spiro atoms. The molecule has 0 aliphatic carbocycles. The fraction of sp³-hybridized carbons (Fsp3) is 0.526. The first-order valence-electron chi connectivity index (χ1n) is 9.71. The minimum atomic E-state index is -0.167. The zero-order valence-electron chi connectivity index (χ0n) is 16.2. The van der Waals surface area contributed by atoms with E-state index < -0.39 is 0 Å². The molecule has 8 nitrogen and oxygen atoms in total. The summed E-state index contributed by atoms with van der Waals surface area (Å²) in [7, 11) is 0. The van der Waals surface area contributed by atoms with Crippen LogP contribution in [0.25, 0.3) is 20.4 Å². The summed E-state index contributed by atoms with van der Waals surface area (Å²) in [4.78, 5) is 16.1. The maximum absolute atomic E-state index is 6.32. The summed E-state index contributed by atoms with van der Waals surface area (Å²) in [6.45, 7) is 8.22. The number of aromatic amines is 1. The van der Waals surface area contributed by atoms with Crippen molar-refractivity contribution in [2.45, 2.75) is 38.9 Å². The molecule has 0 radical (unpaired) electrons. The fourth-order valence-electron chi connectivity index (χ4n) is 4.16. The molecule has 148 valence electrons. The van der Waals surface area contributed by atoms with Crippen LogP contribution in [0.3, 0.4) is 0 Å². The average molecular weight is 402 g/mol. The highest BCUT2D eigenvalue weighted by atomic mass is 32.1. The normalized spacial score (nSPS) is 22.6. The Kier molecular flexibility index (Phi) is 4.35. The maximum Gasteiger partial charge on any atom is 0.281 e. The van der Waals surface area contributed by atoms with Gasteiger partial charge in [-0.25, -0.2) is 20.8 Å². The molecule has 0 unspecified atom stereocenters. The van der Waals surface area contributed by atoms with Crippen LogP contribution in [0, 0.1) is 0 Å². The molecule has 0 bridgehead atoms. The standard InChI is InChI=1S/C19H24N6O2S/c1-3-19(2)8-11-12(9-27-19)17(25-4-6-26-7-5-25)23-18-13(11)14-15(28-18)16(24-20)22-10-21-14/h10H,3-9,20H2,1-2H3,(H,21,22,24)/p+1/t19-/m0/s1. The first-order valence-corrected chi connectivity index (χ1v) is 10.5. The Balaban J connectivity index is 1.80. The second-order valence-electron chi connectivity index (χ2n) is 7.65. The lowest BCUT2D eigenvalue weighted by atomic mass is 9.87. The number of morpholine rings is 1. The van der Waals surface area contributed by atoms with Gasteiger partial charge in [-0.1, -0.05) is 18.3 Å². The summed E-state index contributed by atoms with van der Waals surface area (Å²) >= 11 is 1.65. The van der Waals surface area contributed by atoms with E-state index in [1.165, 1.54) is 16.5 Å². The Morgan fingerprint density at radius 2 is 2.14 bits per heavy atom. The monoisotopic (exact) mass is 401 g/mol. The third kappa shape index (κ3) is 2.73. The van der Waals surface area contributed by atoms with E-state index in [0.29, 0.717) is 12.4 Å². The molecule has 1 saturated heterocycles. The molecule has 0 saturated carbocycles. The van der Waals surface area contributed by atoms with Gasteiger partial charge in [0.2, 0.25) is 0 Å². The second-order valence-corrected chi connectivity index (χ2v) is 8.67. The first-order chi connectivity index (χ1) is 13.6. The van der Waals surface area contributed by atoms with Crippen LogP contribution in [0.2, 0.25) is 0 Å². The average Bonchev–Trinajstić information content (AvgIpc) is 3.12. The molecule has 3 aromatic rings. The van der Waals surface area contributed by atoms with E-state index in [1.807, 2.05) is 0 Å². The number of thiophene rings is 1. The minimum absolute atomic E-state index is 0.167. The van der Waals surface area contributed by atoms with Gasteiger partial charge < -0.3 is 14.9 Å². The Bertz CT molecular complexity index is 1050. The molecule has 2 aliphatic heterocycles. The van der Waals surface area contributed by atoms with E-state index in [2.05, 4.69) is 39.1 Å². The van der Waals surface area contributed by atoms with Gasteiger partial charge in [0.05, 0.1) is 41.9 Å². The number of anilines is 2. The second kappa shape index (κ2) is 6.77. The van der Waals surface area contributed by atoms with E-state index >= 15 is 0 Å². The Morgan fingerprint density at radius 1 is 1.32 bits per heavy atom. The molecule has 1 fully saturated rings. The molecular formula is C19H25N6O2S+. The first kappa shape index (κ1) is 18.0. The van der Waals surface area contributed by atoms with Crippen molar-refractivity contribution >= 4 is 43.4 Å². The van der Waals surface area contributed by atoms with Gasteiger partial charge in [0.25, 0.3) is 5.82 Å². The van der Waals surface area contributed by atoms with E-state index in [4.69, 9.17) is 15.3 Å². The van der Waals surface area contributed by atoms with Crippen molar-refractivity contribution < 1.29 is 14.5 Å². The lowest BCUT2D eigenvalue weighted by Crippen LogP contribution is -2.42. The molecule has 0 aromatic carbocycles. The number of nitrogens with zero attached hydrogens (tertiary/aromatic N) is 3. The van der Waals surface area contributed by atoms with Gasteiger partial charge >= 0.3 is 0 Å². The van der Waals surface area contributed by atoms with E-state index in [1.54, 1.807) is 17.7 Å². The summed E-state index contributed by atoms with van der Waals surface area (Å²) in [5.74, 6) is 7.50. The van der Waals surface area contributed by atoms with Crippen LogP contribution >= 0.6 is 11.3 Å². The number of ether oxygens (including phenoxy) is 2. The van der Waals surface area contributed by atoms with Crippen LogP contribution in [0.15, 0.2) is 6.33 Å². The quantitative estimate of drug-likeness (QED) is 0.512. The maximum atomic E-state index is 6.32. The molecule has 2 aliphatic rings. The van der Waals surface area contributed by atoms with Crippen LogP contribution < -0.4 is 21.2 Å². The number of aromatic nitrogens is 3. The third-order valence-corrected chi connectivity index (χ3v) is 7.08. The molecule has 5 heterocycles. The van der Waals surface area contributed by atoms with Crippen LogP contribution in [-0.2, 0) is 22.5 Å². The number of nitrogens with two attached hydrogens (primary N) is 1. The van der Waals surface area contributed by atoms with Crippen LogP contribution in [0.5, 0.6) is 0 Å². The van der Waals surface area contributed by atoms with Crippen LogP contribution in [-0.4, -0.2) is 41.9 Å². The lowest BCUT2D eigenvalue weighted by Gasteiger charge is -2.35. The number of nitrogens with one attached hydrogen (secondary N) is 2. The summed E-state index contributed by atoms with van der Waals surface area (Å²) in [5, 5.41) is 1.17. The van der Waals surface area contributed by atoms with Gasteiger partial charge in [-0.15, -0.1) is 0 Å². The van der Waals surface area contributed by atoms with Gasteiger partial charge in [-0.05, 0) is 18.9 Å². The molecule has 1 atom stereocenters. The molecule has 9 heteroatoms. The predicted octanol–water partition coefficient (Wildman–Crippen LogP) is 2.02. The van der Waals surface area contributed by atoms with Crippen molar-refractivity contribution in [2.24, 2.45) is 5.84 Å². The van der Waals surface area contributed by atoms with Crippen LogP contribution in [0.4, 0.5) is 11.6 Å². The lowest BCUT2D eigenvalue weighted by molar-refractivity contribution is -0.329. The van der Waals surface area contributed by atoms with Crippen molar-refractivity contribution in [1.82, 2.24) is 9.97 Å². The molecule has 5 rings (SSSR count). The summed E-state index contributed by atoms with van der Waals surface area (Å²) in [6, 6.07) is 0.